The summed E-state index contributed by atoms with van der Waals surface area (Å²) in [5, 5.41) is 8.88. The largest absolute Gasteiger partial charge is 0.483 e. The topological polar surface area (TPSA) is 118 Å². The molecule has 0 unspecified atom stereocenters. The van der Waals surface area contributed by atoms with Crippen molar-refractivity contribution < 1.29 is 28.2 Å². The Morgan fingerprint density at radius 2 is 1.97 bits per heavy atom. The molecule has 0 saturated carbocycles. The number of hydrazone groups is 1. The van der Waals surface area contributed by atoms with Gasteiger partial charge in [-0.25, -0.2) is 9.82 Å². The van der Waals surface area contributed by atoms with E-state index in [9.17, 15) is 18.8 Å². The van der Waals surface area contributed by atoms with Crippen molar-refractivity contribution in [1.82, 2.24) is 10.7 Å². The summed E-state index contributed by atoms with van der Waals surface area (Å²) in [5.74, 6) is -2.25. The first-order valence-electron chi connectivity index (χ1n) is 10.1. The lowest BCUT2D eigenvalue weighted by Crippen LogP contribution is -2.41. The zero-order valence-corrected chi connectivity index (χ0v) is 19.1. The number of hydrogen-bond acceptors (Lipinski definition) is 6. The standard InChI is InChI=1S/C22H22BrFN4O5/c23-15-3-8-19(33-13-20(29)27-17-6-4-16(24)5-7-17)14(10-15)11-26-28-22(31)21(30)25-12-18-2-1-9-32-18/h3-8,10-11,18H,1-2,9,12-13H2,(H,25,30)(H,27,29)(H,28,31)/b26-11-/t18-/m1/s1. The van der Waals surface area contributed by atoms with E-state index in [1.165, 1.54) is 30.5 Å². The summed E-state index contributed by atoms with van der Waals surface area (Å²) in [5.41, 5.74) is 3.04. The van der Waals surface area contributed by atoms with Gasteiger partial charge in [-0.05, 0) is 55.3 Å². The second-order valence-electron chi connectivity index (χ2n) is 7.07. The third-order valence-corrected chi connectivity index (χ3v) is 5.04. The van der Waals surface area contributed by atoms with Crippen LogP contribution in [-0.2, 0) is 19.1 Å². The molecule has 2 aromatic carbocycles. The molecule has 0 spiro atoms. The average molecular weight is 521 g/mol. The van der Waals surface area contributed by atoms with Crippen LogP contribution in [-0.4, -0.2) is 49.8 Å². The highest BCUT2D eigenvalue weighted by Gasteiger charge is 2.19. The van der Waals surface area contributed by atoms with E-state index in [1.54, 1.807) is 18.2 Å². The van der Waals surface area contributed by atoms with Crippen LogP contribution in [0.5, 0.6) is 5.75 Å². The molecule has 1 aliphatic rings. The molecule has 0 bridgehead atoms. The zero-order chi connectivity index (χ0) is 23.6. The Hall–Kier alpha value is -3.31. The molecule has 1 heterocycles. The van der Waals surface area contributed by atoms with E-state index in [1.807, 2.05) is 0 Å². The Bertz CT molecular complexity index is 1030. The molecule has 0 aromatic heterocycles. The van der Waals surface area contributed by atoms with Gasteiger partial charge in [0.15, 0.2) is 6.61 Å². The molecule has 0 aliphatic carbocycles. The monoisotopic (exact) mass is 520 g/mol. The van der Waals surface area contributed by atoms with Gasteiger partial charge in [0.2, 0.25) is 0 Å². The summed E-state index contributed by atoms with van der Waals surface area (Å²) in [7, 11) is 0. The summed E-state index contributed by atoms with van der Waals surface area (Å²) < 4.78 is 24.6. The van der Waals surface area contributed by atoms with Crippen LogP contribution in [0.3, 0.4) is 0 Å². The van der Waals surface area contributed by atoms with Gasteiger partial charge < -0.3 is 20.1 Å². The molecule has 0 radical (unpaired) electrons. The van der Waals surface area contributed by atoms with Gasteiger partial charge >= 0.3 is 11.8 Å². The second kappa shape index (κ2) is 12.1. The van der Waals surface area contributed by atoms with Crippen LogP contribution < -0.4 is 20.8 Å². The number of hydrogen-bond donors (Lipinski definition) is 3. The van der Waals surface area contributed by atoms with Crippen molar-refractivity contribution in [2.24, 2.45) is 5.10 Å². The van der Waals surface area contributed by atoms with Crippen LogP contribution in [0.25, 0.3) is 0 Å². The molecule has 3 rings (SSSR count). The van der Waals surface area contributed by atoms with Crippen LogP contribution in [0.2, 0.25) is 0 Å². The lowest BCUT2D eigenvalue weighted by Gasteiger charge is -2.10. The van der Waals surface area contributed by atoms with Crippen molar-refractivity contribution in [2.75, 3.05) is 25.1 Å². The lowest BCUT2D eigenvalue weighted by atomic mass is 10.2. The molecule has 9 nitrogen and oxygen atoms in total. The number of anilines is 1. The summed E-state index contributed by atoms with van der Waals surface area (Å²) >= 11 is 3.33. The first-order valence-corrected chi connectivity index (χ1v) is 10.9. The number of ether oxygens (including phenoxy) is 2. The van der Waals surface area contributed by atoms with Gasteiger partial charge in [-0.15, -0.1) is 0 Å². The molecular formula is C22H22BrFN4O5. The molecule has 174 valence electrons. The van der Waals surface area contributed by atoms with E-state index in [4.69, 9.17) is 9.47 Å². The molecule has 1 saturated heterocycles. The van der Waals surface area contributed by atoms with Gasteiger partial charge in [-0.2, -0.15) is 5.10 Å². The molecule has 11 heteroatoms. The second-order valence-corrected chi connectivity index (χ2v) is 7.99. The fourth-order valence-electron chi connectivity index (χ4n) is 2.93. The van der Waals surface area contributed by atoms with Gasteiger partial charge in [0.25, 0.3) is 5.91 Å². The third-order valence-electron chi connectivity index (χ3n) is 4.55. The highest BCUT2D eigenvalue weighted by Crippen LogP contribution is 2.22. The fraction of sp³-hybridized carbons (Fsp3) is 0.273. The number of benzene rings is 2. The fourth-order valence-corrected chi connectivity index (χ4v) is 3.31. The average Bonchev–Trinajstić information content (AvgIpc) is 3.32. The van der Waals surface area contributed by atoms with Crippen molar-refractivity contribution in [3.63, 3.8) is 0 Å². The molecule has 33 heavy (non-hydrogen) atoms. The zero-order valence-electron chi connectivity index (χ0n) is 17.5. The number of amides is 3. The first kappa shape index (κ1) is 24.3. The van der Waals surface area contributed by atoms with Crippen LogP contribution in [0.15, 0.2) is 52.0 Å². The maximum absolute atomic E-state index is 13.0. The Morgan fingerprint density at radius 3 is 2.70 bits per heavy atom. The highest BCUT2D eigenvalue weighted by atomic mass is 79.9. The Morgan fingerprint density at radius 1 is 1.18 bits per heavy atom. The number of nitrogens with one attached hydrogen (secondary N) is 3. The van der Waals surface area contributed by atoms with E-state index in [0.29, 0.717) is 28.1 Å². The predicted octanol–water partition coefficient (Wildman–Crippen LogP) is 2.35. The number of carbonyl (C=O) groups excluding carboxylic acids is 3. The SMILES string of the molecule is O=C(COc1ccc(Br)cc1/C=N\NC(=O)C(=O)NC[C@H]1CCCO1)Nc1ccc(F)cc1. The number of nitrogens with zero attached hydrogens (tertiary/aromatic N) is 1. The van der Waals surface area contributed by atoms with Gasteiger partial charge in [-0.3, -0.25) is 14.4 Å². The molecule has 3 N–H and O–H groups in total. The number of rotatable bonds is 8. The van der Waals surface area contributed by atoms with E-state index >= 15 is 0 Å². The molecule has 3 amide bonds. The van der Waals surface area contributed by atoms with Crippen LogP contribution in [0, 0.1) is 5.82 Å². The van der Waals surface area contributed by atoms with Crippen molar-refractivity contribution in [1.29, 1.82) is 0 Å². The third kappa shape index (κ3) is 7.95. The maximum atomic E-state index is 13.0. The summed E-state index contributed by atoms with van der Waals surface area (Å²) in [6.07, 6.45) is 2.99. The lowest BCUT2D eigenvalue weighted by molar-refractivity contribution is -0.139. The van der Waals surface area contributed by atoms with Crippen LogP contribution in [0.1, 0.15) is 18.4 Å². The van der Waals surface area contributed by atoms with E-state index < -0.39 is 23.5 Å². The quantitative estimate of drug-likeness (QED) is 0.280. The maximum Gasteiger partial charge on any atom is 0.329 e. The van der Waals surface area contributed by atoms with E-state index in [-0.39, 0.29) is 19.3 Å². The molecular weight excluding hydrogens is 499 g/mol. The normalized spacial score (nSPS) is 15.3. The van der Waals surface area contributed by atoms with Gasteiger partial charge in [-0.1, -0.05) is 15.9 Å². The van der Waals surface area contributed by atoms with Crippen molar-refractivity contribution in [2.45, 2.75) is 18.9 Å². The number of halogens is 2. The van der Waals surface area contributed by atoms with Crippen molar-refractivity contribution >= 4 is 45.6 Å². The minimum absolute atomic E-state index is 0.0770. The highest BCUT2D eigenvalue weighted by molar-refractivity contribution is 9.10. The molecule has 1 fully saturated rings. The van der Waals surface area contributed by atoms with Crippen molar-refractivity contribution in [3.8, 4) is 5.75 Å². The van der Waals surface area contributed by atoms with Gasteiger partial charge in [0, 0.05) is 28.9 Å². The predicted molar refractivity (Wildman–Crippen MR) is 122 cm³/mol. The van der Waals surface area contributed by atoms with Crippen molar-refractivity contribution in [3.05, 3.63) is 58.3 Å². The van der Waals surface area contributed by atoms with Crippen LogP contribution in [0.4, 0.5) is 10.1 Å². The summed E-state index contributed by atoms with van der Waals surface area (Å²) in [6.45, 7) is 0.611. The Kier molecular flexibility index (Phi) is 8.90. The van der Waals surface area contributed by atoms with E-state index in [2.05, 4.69) is 37.1 Å². The smallest absolute Gasteiger partial charge is 0.329 e. The number of carbonyl (C=O) groups is 3. The van der Waals surface area contributed by atoms with Crippen LogP contribution >= 0.6 is 15.9 Å². The van der Waals surface area contributed by atoms with Gasteiger partial charge in [0.05, 0.1) is 12.3 Å². The van der Waals surface area contributed by atoms with Gasteiger partial charge in [0.1, 0.15) is 11.6 Å². The Labute approximate surface area is 197 Å². The van der Waals surface area contributed by atoms with E-state index in [0.717, 1.165) is 12.8 Å². The minimum atomic E-state index is -0.916. The minimum Gasteiger partial charge on any atom is -0.483 e. The Balaban J connectivity index is 1.51. The summed E-state index contributed by atoms with van der Waals surface area (Å²) in [6, 6.07) is 10.3. The first-order chi connectivity index (χ1) is 15.9. The summed E-state index contributed by atoms with van der Waals surface area (Å²) in [4.78, 5) is 35.9. The molecule has 1 aliphatic heterocycles. The molecule has 2 aromatic rings. The molecule has 1 atom stereocenters.